The van der Waals surface area contributed by atoms with Crippen LogP contribution in [0.15, 0.2) is 31.8 Å². The molecule has 3 aromatic rings. The monoisotopic (exact) mass is 415 g/mol. The molecule has 1 atom stereocenters. The fourth-order valence-corrected chi connectivity index (χ4v) is 5.68. The van der Waals surface area contributed by atoms with Crippen molar-refractivity contribution in [2.45, 2.75) is 39.4 Å². The quantitative estimate of drug-likeness (QED) is 0.607. The van der Waals surface area contributed by atoms with E-state index in [1.807, 2.05) is 12.3 Å². The highest BCUT2D eigenvalue weighted by Crippen LogP contribution is 2.39. The number of likely N-dealkylation sites (tertiary alicyclic amines) is 1. The Labute approximate surface area is 169 Å². The van der Waals surface area contributed by atoms with E-state index in [9.17, 15) is 9.59 Å². The molecule has 5 rings (SSSR count). The van der Waals surface area contributed by atoms with E-state index in [0.29, 0.717) is 6.54 Å². The lowest BCUT2D eigenvalue weighted by molar-refractivity contribution is 0.246. The second kappa shape index (κ2) is 6.75. The minimum atomic E-state index is -0.556. The van der Waals surface area contributed by atoms with Gasteiger partial charge in [-0.25, -0.2) is 9.67 Å². The smallest absolute Gasteiger partial charge is 0.298 e. The normalized spacial score (nSPS) is 21.6. The SMILES string of the molecule is Cc1nc(Cn2nc3n(c(=O)c2=O)CC2(CCN(Cc4ccsc4)C2)C3)cs1. The van der Waals surface area contributed by atoms with Gasteiger partial charge in [0, 0.05) is 36.9 Å². The van der Waals surface area contributed by atoms with Crippen LogP contribution in [0, 0.1) is 12.3 Å². The van der Waals surface area contributed by atoms with Gasteiger partial charge in [-0.05, 0) is 42.3 Å². The molecule has 1 spiro atoms. The Morgan fingerprint density at radius 3 is 2.82 bits per heavy atom. The summed E-state index contributed by atoms with van der Waals surface area (Å²) in [5.74, 6) is 0.730. The minimum absolute atomic E-state index is 0.0119. The zero-order chi connectivity index (χ0) is 19.3. The molecule has 28 heavy (non-hydrogen) atoms. The predicted octanol–water partition coefficient (Wildman–Crippen LogP) is 1.73. The van der Waals surface area contributed by atoms with Gasteiger partial charge in [0.1, 0.15) is 5.82 Å². The van der Waals surface area contributed by atoms with Crippen LogP contribution in [0.4, 0.5) is 0 Å². The van der Waals surface area contributed by atoms with E-state index < -0.39 is 11.1 Å². The standard InChI is InChI=1S/C19H21N5O2S2/c1-13-20-15(10-28-13)8-24-18(26)17(25)23-12-19(6-16(23)21-24)3-4-22(11-19)7-14-2-5-27-9-14/h2,5,9-10H,3-4,6-8,11-12H2,1H3. The van der Waals surface area contributed by atoms with Crippen LogP contribution in [0.3, 0.4) is 0 Å². The van der Waals surface area contributed by atoms with Gasteiger partial charge in [0.2, 0.25) is 0 Å². The summed E-state index contributed by atoms with van der Waals surface area (Å²) < 4.78 is 2.90. The number of thiazole rings is 1. The summed E-state index contributed by atoms with van der Waals surface area (Å²) in [6, 6.07) is 2.16. The van der Waals surface area contributed by atoms with E-state index in [0.717, 1.165) is 49.0 Å². The van der Waals surface area contributed by atoms with E-state index in [1.54, 1.807) is 15.9 Å². The molecule has 1 saturated heterocycles. The molecule has 0 radical (unpaired) electrons. The fourth-order valence-electron chi connectivity index (χ4n) is 4.42. The average molecular weight is 416 g/mol. The van der Waals surface area contributed by atoms with Crippen molar-refractivity contribution in [2.24, 2.45) is 5.41 Å². The van der Waals surface area contributed by atoms with E-state index in [4.69, 9.17) is 0 Å². The number of hydrogen-bond acceptors (Lipinski definition) is 7. The first-order valence-electron chi connectivity index (χ1n) is 9.37. The minimum Gasteiger partial charge on any atom is -0.298 e. The molecule has 3 aromatic heterocycles. The molecule has 9 heteroatoms. The van der Waals surface area contributed by atoms with Crippen molar-refractivity contribution < 1.29 is 0 Å². The number of aryl methyl sites for hydroxylation is 1. The average Bonchev–Trinajstić information content (AvgIpc) is 3.44. The van der Waals surface area contributed by atoms with Crippen LogP contribution in [0.1, 0.15) is 28.5 Å². The van der Waals surface area contributed by atoms with Crippen molar-refractivity contribution in [1.29, 1.82) is 0 Å². The molecule has 2 aliphatic heterocycles. The van der Waals surface area contributed by atoms with Crippen LogP contribution in [0.25, 0.3) is 0 Å². The maximum absolute atomic E-state index is 12.7. The van der Waals surface area contributed by atoms with Crippen LogP contribution < -0.4 is 11.1 Å². The molecular formula is C19H21N5O2S2. The summed E-state index contributed by atoms with van der Waals surface area (Å²) in [5.41, 5.74) is 1.12. The number of aromatic nitrogens is 4. The summed E-state index contributed by atoms with van der Waals surface area (Å²) >= 11 is 3.25. The molecule has 146 valence electrons. The van der Waals surface area contributed by atoms with Gasteiger partial charge in [0.15, 0.2) is 0 Å². The Bertz CT molecular complexity index is 1130. The van der Waals surface area contributed by atoms with Crippen LogP contribution in [0.2, 0.25) is 0 Å². The fraction of sp³-hybridized carbons (Fsp3) is 0.474. The highest BCUT2D eigenvalue weighted by Gasteiger charge is 2.44. The largest absolute Gasteiger partial charge is 0.332 e. The lowest BCUT2D eigenvalue weighted by Gasteiger charge is -2.22. The van der Waals surface area contributed by atoms with Gasteiger partial charge in [-0.15, -0.1) is 11.3 Å². The van der Waals surface area contributed by atoms with Gasteiger partial charge < -0.3 is 0 Å². The molecule has 2 aliphatic rings. The number of rotatable bonds is 4. The number of nitrogens with zero attached hydrogens (tertiary/aromatic N) is 5. The summed E-state index contributed by atoms with van der Waals surface area (Å²) in [7, 11) is 0. The molecule has 0 amide bonds. The molecule has 5 heterocycles. The van der Waals surface area contributed by atoms with Gasteiger partial charge >= 0.3 is 11.1 Å². The Hall–Kier alpha value is -2.10. The second-order valence-corrected chi connectivity index (χ2v) is 9.74. The topological polar surface area (TPSA) is 73.0 Å². The van der Waals surface area contributed by atoms with Gasteiger partial charge in [0.25, 0.3) is 0 Å². The first-order valence-corrected chi connectivity index (χ1v) is 11.2. The first-order chi connectivity index (χ1) is 13.5. The third kappa shape index (κ3) is 3.17. The van der Waals surface area contributed by atoms with Crippen molar-refractivity contribution in [3.05, 3.63) is 65.0 Å². The van der Waals surface area contributed by atoms with Crippen molar-refractivity contribution >= 4 is 22.7 Å². The van der Waals surface area contributed by atoms with E-state index in [1.165, 1.54) is 21.6 Å². The molecule has 0 N–H and O–H groups in total. The van der Waals surface area contributed by atoms with Crippen LogP contribution in [-0.4, -0.2) is 37.3 Å². The maximum atomic E-state index is 12.7. The summed E-state index contributed by atoms with van der Waals surface area (Å²) in [6.45, 7) is 5.67. The number of thiophene rings is 1. The van der Waals surface area contributed by atoms with E-state index in [2.05, 4.69) is 31.8 Å². The maximum Gasteiger partial charge on any atom is 0.332 e. The van der Waals surface area contributed by atoms with Crippen molar-refractivity contribution in [1.82, 2.24) is 24.2 Å². The highest BCUT2D eigenvalue weighted by atomic mass is 32.1. The van der Waals surface area contributed by atoms with Crippen molar-refractivity contribution in [3.63, 3.8) is 0 Å². The molecule has 0 aromatic carbocycles. The van der Waals surface area contributed by atoms with Crippen molar-refractivity contribution in [2.75, 3.05) is 13.1 Å². The number of hydrogen-bond donors (Lipinski definition) is 0. The van der Waals surface area contributed by atoms with Gasteiger partial charge in [-0.2, -0.15) is 16.4 Å². The van der Waals surface area contributed by atoms with Crippen LogP contribution in [0.5, 0.6) is 0 Å². The third-order valence-electron chi connectivity index (χ3n) is 5.72. The Morgan fingerprint density at radius 2 is 2.07 bits per heavy atom. The van der Waals surface area contributed by atoms with E-state index >= 15 is 0 Å². The first kappa shape index (κ1) is 18.0. The molecule has 1 fully saturated rings. The number of fused-ring (bicyclic) bond motifs is 1. The zero-order valence-corrected chi connectivity index (χ0v) is 17.3. The van der Waals surface area contributed by atoms with Gasteiger partial charge in [-0.3, -0.25) is 19.1 Å². The van der Waals surface area contributed by atoms with Gasteiger partial charge in [-0.1, -0.05) is 0 Å². The molecule has 0 saturated carbocycles. The van der Waals surface area contributed by atoms with Crippen LogP contribution >= 0.6 is 22.7 Å². The molecular weight excluding hydrogens is 394 g/mol. The summed E-state index contributed by atoms with van der Waals surface area (Å²) in [5, 5.41) is 11.7. The third-order valence-corrected chi connectivity index (χ3v) is 7.27. The van der Waals surface area contributed by atoms with Crippen molar-refractivity contribution in [3.8, 4) is 0 Å². The lowest BCUT2D eigenvalue weighted by atomic mass is 9.86. The molecule has 0 aliphatic carbocycles. The Balaban J connectivity index is 1.38. The molecule has 1 unspecified atom stereocenters. The van der Waals surface area contributed by atoms with E-state index in [-0.39, 0.29) is 12.0 Å². The summed E-state index contributed by atoms with van der Waals surface area (Å²) in [4.78, 5) is 32.1. The highest BCUT2D eigenvalue weighted by molar-refractivity contribution is 7.09. The second-order valence-electron chi connectivity index (χ2n) is 7.90. The molecule has 7 nitrogen and oxygen atoms in total. The Kier molecular flexibility index (Phi) is 4.33. The molecule has 0 bridgehead atoms. The van der Waals surface area contributed by atoms with Gasteiger partial charge in [0.05, 0.1) is 17.2 Å². The Morgan fingerprint density at radius 1 is 1.18 bits per heavy atom. The van der Waals surface area contributed by atoms with Crippen LogP contribution in [-0.2, 0) is 26.1 Å². The summed E-state index contributed by atoms with van der Waals surface area (Å²) in [6.07, 6.45) is 1.78. The zero-order valence-electron chi connectivity index (χ0n) is 15.6. The predicted molar refractivity (Wildman–Crippen MR) is 109 cm³/mol. The lowest BCUT2D eigenvalue weighted by Crippen LogP contribution is -2.43.